The minimum Gasteiger partial charge on any atom is -0.457 e. The molecule has 2 aliphatic heterocycles. The molecule has 5 rings (SSSR count). The maximum atomic E-state index is 13.1. The first-order chi connectivity index (χ1) is 16.1. The van der Waals surface area contributed by atoms with Gasteiger partial charge in [0.25, 0.3) is 0 Å². The van der Waals surface area contributed by atoms with Gasteiger partial charge < -0.3 is 9.64 Å². The fourth-order valence-electron chi connectivity index (χ4n) is 4.43. The molecule has 1 unspecified atom stereocenters. The Kier molecular flexibility index (Phi) is 5.87. The summed E-state index contributed by atoms with van der Waals surface area (Å²) < 4.78 is 6.67. The Balaban J connectivity index is 1.11. The van der Waals surface area contributed by atoms with Gasteiger partial charge in [-0.05, 0) is 53.1 Å². The van der Waals surface area contributed by atoms with Gasteiger partial charge >= 0.3 is 5.97 Å². The molecule has 9 heteroatoms. The second kappa shape index (κ2) is 9.11. The van der Waals surface area contributed by atoms with E-state index in [1.807, 2.05) is 48.2 Å². The molecule has 9 nitrogen and oxygen atoms in total. The summed E-state index contributed by atoms with van der Waals surface area (Å²) >= 11 is 0. The fourth-order valence-corrected chi connectivity index (χ4v) is 4.43. The zero-order valence-electron chi connectivity index (χ0n) is 18.6. The van der Waals surface area contributed by atoms with Gasteiger partial charge in [0, 0.05) is 38.3 Å². The van der Waals surface area contributed by atoms with Gasteiger partial charge in [0.2, 0.25) is 5.91 Å². The first-order valence-electron chi connectivity index (χ1n) is 11.2. The highest BCUT2D eigenvalue weighted by molar-refractivity contribution is 5.93. The average molecular weight is 447 g/mol. The topological polar surface area (TPSA) is 93.5 Å². The summed E-state index contributed by atoms with van der Waals surface area (Å²) in [6.45, 7) is 6.47. The van der Waals surface area contributed by atoms with E-state index in [9.17, 15) is 9.59 Å². The predicted molar refractivity (Wildman–Crippen MR) is 120 cm³/mol. The predicted octanol–water partition coefficient (Wildman–Crippen LogP) is 1.82. The zero-order valence-corrected chi connectivity index (χ0v) is 18.6. The van der Waals surface area contributed by atoms with E-state index in [0.29, 0.717) is 12.2 Å². The van der Waals surface area contributed by atoms with E-state index in [1.54, 1.807) is 11.0 Å². The molecule has 0 N–H and O–H groups in total. The lowest BCUT2D eigenvalue weighted by Gasteiger charge is -2.36. The van der Waals surface area contributed by atoms with Gasteiger partial charge in [-0.3, -0.25) is 9.69 Å². The van der Waals surface area contributed by atoms with Crippen molar-refractivity contribution in [1.29, 1.82) is 0 Å². The van der Waals surface area contributed by atoms with Crippen LogP contribution in [-0.2, 0) is 22.6 Å². The van der Waals surface area contributed by atoms with E-state index in [2.05, 4.69) is 26.5 Å². The van der Waals surface area contributed by atoms with Crippen LogP contribution < -0.4 is 0 Å². The minimum absolute atomic E-state index is 0.160. The Morgan fingerprint density at radius 3 is 2.61 bits per heavy atom. The molecule has 1 fully saturated rings. The molecule has 1 amide bonds. The van der Waals surface area contributed by atoms with Gasteiger partial charge in [-0.15, -0.1) is 5.10 Å². The minimum atomic E-state index is -0.227. The highest BCUT2D eigenvalue weighted by Crippen LogP contribution is 2.22. The number of fused-ring (bicyclic) bond motifs is 1. The van der Waals surface area contributed by atoms with Crippen LogP contribution in [0.5, 0.6) is 0 Å². The van der Waals surface area contributed by atoms with Crippen molar-refractivity contribution < 1.29 is 14.3 Å². The quantitative estimate of drug-likeness (QED) is 0.533. The number of tetrazole rings is 1. The smallest absolute Gasteiger partial charge is 0.338 e. The van der Waals surface area contributed by atoms with E-state index in [1.165, 1.54) is 5.56 Å². The molecule has 2 aliphatic rings. The van der Waals surface area contributed by atoms with Gasteiger partial charge in [-0.25, -0.2) is 9.48 Å². The van der Waals surface area contributed by atoms with Crippen LogP contribution in [0.25, 0.3) is 5.69 Å². The molecule has 1 saturated heterocycles. The summed E-state index contributed by atoms with van der Waals surface area (Å²) in [5.41, 5.74) is 4.72. The number of nitrogens with zero attached hydrogens (tertiary/aromatic N) is 6. The molecule has 2 aromatic carbocycles. The number of piperazine rings is 1. The Hall–Kier alpha value is -3.59. The van der Waals surface area contributed by atoms with E-state index in [4.69, 9.17) is 4.74 Å². The average Bonchev–Trinajstić information content (AvgIpc) is 3.53. The third-order valence-electron chi connectivity index (χ3n) is 6.53. The first kappa shape index (κ1) is 21.3. The lowest BCUT2D eigenvalue weighted by molar-refractivity contribution is -0.134. The van der Waals surface area contributed by atoms with E-state index >= 15 is 0 Å². The number of benzene rings is 2. The van der Waals surface area contributed by atoms with Crippen molar-refractivity contribution in [3.05, 3.63) is 71.0 Å². The van der Waals surface area contributed by atoms with Crippen molar-refractivity contribution in [2.75, 3.05) is 32.7 Å². The molecule has 170 valence electrons. The third kappa shape index (κ3) is 4.49. The molecule has 0 radical (unpaired) electrons. The van der Waals surface area contributed by atoms with E-state index in [-0.39, 0.29) is 17.8 Å². The molecule has 3 heterocycles. The molecular weight excluding hydrogens is 420 g/mol. The summed E-state index contributed by atoms with van der Waals surface area (Å²) in [7, 11) is 0. The van der Waals surface area contributed by atoms with Crippen molar-refractivity contribution in [1.82, 2.24) is 30.0 Å². The van der Waals surface area contributed by atoms with Crippen LogP contribution in [-0.4, -0.2) is 74.6 Å². The lowest BCUT2D eigenvalue weighted by atomic mass is 9.99. The normalized spacial score (nSPS) is 17.0. The van der Waals surface area contributed by atoms with Crippen molar-refractivity contribution in [3.8, 4) is 5.69 Å². The maximum Gasteiger partial charge on any atom is 0.338 e. The van der Waals surface area contributed by atoms with Gasteiger partial charge in [0.15, 0.2) is 0 Å². The zero-order chi connectivity index (χ0) is 22.8. The number of cyclic esters (lactones) is 1. The van der Waals surface area contributed by atoms with Crippen LogP contribution in [0.4, 0.5) is 0 Å². The number of amides is 1. The SMILES string of the molecule is CC(C(=O)N1CCN(CCc2ccc3c(c2)COC3=O)CC1)c1ccc(-n2cnnn2)cc1. The number of carbonyl (C=O) groups excluding carboxylic acids is 2. The summed E-state index contributed by atoms with van der Waals surface area (Å²) in [5, 5.41) is 11.2. The van der Waals surface area contributed by atoms with Gasteiger partial charge in [-0.1, -0.05) is 24.3 Å². The second-order valence-corrected chi connectivity index (χ2v) is 8.55. The Labute approximate surface area is 191 Å². The molecule has 1 aromatic heterocycles. The van der Waals surface area contributed by atoms with Crippen LogP contribution in [0.15, 0.2) is 48.8 Å². The van der Waals surface area contributed by atoms with E-state index in [0.717, 1.165) is 56.0 Å². The summed E-state index contributed by atoms with van der Waals surface area (Å²) in [4.78, 5) is 29.0. The van der Waals surface area contributed by atoms with Crippen molar-refractivity contribution in [2.24, 2.45) is 0 Å². The molecule has 1 atom stereocenters. The van der Waals surface area contributed by atoms with E-state index < -0.39 is 0 Å². The van der Waals surface area contributed by atoms with Crippen LogP contribution in [0.3, 0.4) is 0 Å². The van der Waals surface area contributed by atoms with Crippen LogP contribution >= 0.6 is 0 Å². The number of carbonyl (C=O) groups is 2. The number of ether oxygens (including phenoxy) is 1. The Morgan fingerprint density at radius 2 is 1.88 bits per heavy atom. The van der Waals surface area contributed by atoms with Gasteiger partial charge in [-0.2, -0.15) is 0 Å². The molecule has 0 bridgehead atoms. The molecule has 0 spiro atoms. The van der Waals surface area contributed by atoms with Crippen LogP contribution in [0.1, 0.15) is 39.9 Å². The lowest BCUT2D eigenvalue weighted by Crippen LogP contribution is -2.50. The van der Waals surface area contributed by atoms with Gasteiger partial charge in [0.05, 0.1) is 17.2 Å². The van der Waals surface area contributed by atoms with Crippen LogP contribution in [0, 0.1) is 0 Å². The molecule has 0 aliphatic carbocycles. The van der Waals surface area contributed by atoms with Crippen molar-refractivity contribution in [2.45, 2.75) is 25.9 Å². The fraction of sp³-hybridized carbons (Fsp3) is 0.375. The monoisotopic (exact) mass is 446 g/mol. The largest absolute Gasteiger partial charge is 0.457 e. The molecule has 3 aromatic rings. The highest BCUT2D eigenvalue weighted by Gasteiger charge is 2.26. The molecule has 0 saturated carbocycles. The number of hydrogen-bond acceptors (Lipinski definition) is 7. The highest BCUT2D eigenvalue weighted by atomic mass is 16.5. The summed E-state index contributed by atoms with van der Waals surface area (Å²) in [5.74, 6) is -0.265. The third-order valence-corrected chi connectivity index (χ3v) is 6.53. The Bertz CT molecular complexity index is 1140. The number of esters is 1. The first-order valence-corrected chi connectivity index (χ1v) is 11.2. The number of hydrogen-bond donors (Lipinski definition) is 0. The van der Waals surface area contributed by atoms with Crippen molar-refractivity contribution >= 4 is 11.9 Å². The van der Waals surface area contributed by atoms with Crippen LogP contribution in [0.2, 0.25) is 0 Å². The number of aromatic nitrogens is 4. The second-order valence-electron chi connectivity index (χ2n) is 8.55. The summed E-state index contributed by atoms with van der Waals surface area (Å²) in [6, 6.07) is 13.7. The van der Waals surface area contributed by atoms with Crippen molar-refractivity contribution in [3.63, 3.8) is 0 Å². The maximum absolute atomic E-state index is 13.1. The molecule has 33 heavy (non-hydrogen) atoms. The Morgan fingerprint density at radius 1 is 1.09 bits per heavy atom. The summed E-state index contributed by atoms with van der Waals surface area (Å²) in [6.07, 6.45) is 2.46. The number of rotatable bonds is 6. The molecular formula is C24H26N6O3. The van der Waals surface area contributed by atoms with Gasteiger partial charge in [0.1, 0.15) is 12.9 Å². The standard InChI is InChI=1S/C24H26N6O3/c1-17(19-3-5-21(6-4-19)30-16-25-26-27-30)23(31)29-12-10-28(11-13-29)9-8-18-2-7-22-20(14-18)15-33-24(22)32/h2-7,14,16-17H,8-13,15H2,1H3.